The monoisotopic (exact) mass is 191 g/mol. The van der Waals surface area contributed by atoms with Crippen LogP contribution in [0, 0.1) is 0 Å². The Morgan fingerprint density at radius 2 is 2.00 bits per heavy atom. The number of hydrogen-bond donors (Lipinski definition) is 0. The fraction of sp³-hybridized carbons (Fsp3) is 0.200. The lowest BCUT2D eigenvalue weighted by Crippen LogP contribution is -2.03. The Morgan fingerprint density at radius 3 is 2.57 bits per heavy atom. The van der Waals surface area contributed by atoms with Gasteiger partial charge in [-0.2, -0.15) is 10.2 Å². The molecule has 0 aliphatic heterocycles. The molecule has 1 aromatic carbocycles. The second kappa shape index (κ2) is 3.57. The summed E-state index contributed by atoms with van der Waals surface area (Å²) in [6.07, 6.45) is 0.373. The molecule has 2 aromatic rings. The third-order valence-electron chi connectivity index (χ3n) is 1.90. The SMILES string of the molecule is CC(F)n1ncc(-c2ccccc2)n1. The molecule has 1 heterocycles. The van der Waals surface area contributed by atoms with E-state index in [9.17, 15) is 4.39 Å². The summed E-state index contributed by atoms with van der Waals surface area (Å²) < 4.78 is 12.8. The van der Waals surface area contributed by atoms with Crippen LogP contribution in [-0.2, 0) is 0 Å². The number of alkyl halides is 1. The van der Waals surface area contributed by atoms with Crippen molar-refractivity contribution in [1.29, 1.82) is 0 Å². The van der Waals surface area contributed by atoms with Gasteiger partial charge in [0.1, 0.15) is 5.69 Å². The minimum absolute atomic E-state index is 0.690. The zero-order valence-electron chi connectivity index (χ0n) is 7.76. The molecule has 2 rings (SSSR count). The molecule has 0 aliphatic rings. The van der Waals surface area contributed by atoms with Crippen LogP contribution < -0.4 is 0 Å². The first-order valence-electron chi connectivity index (χ1n) is 4.38. The third-order valence-corrected chi connectivity index (χ3v) is 1.90. The van der Waals surface area contributed by atoms with E-state index in [1.54, 1.807) is 6.20 Å². The lowest BCUT2D eigenvalue weighted by molar-refractivity contribution is 0.220. The summed E-state index contributed by atoms with van der Waals surface area (Å²) in [5, 5.41) is 7.83. The van der Waals surface area contributed by atoms with Gasteiger partial charge in [-0.3, -0.25) is 0 Å². The first kappa shape index (κ1) is 8.87. The summed E-state index contributed by atoms with van der Waals surface area (Å²) in [6, 6.07) is 9.57. The number of benzene rings is 1. The molecule has 0 radical (unpaired) electrons. The topological polar surface area (TPSA) is 30.7 Å². The third kappa shape index (κ3) is 1.64. The van der Waals surface area contributed by atoms with Crippen LogP contribution in [-0.4, -0.2) is 15.0 Å². The standard InChI is InChI=1S/C10H10FN3/c1-8(11)14-12-7-10(13-14)9-5-3-2-4-6-9/h2-8H,1H3. The fourth-order valence-corrected chi connectivity index (χ4v) is 1.19. The van der Waals surface area contributed by atoms with Gasteiger partial charge in [-0.05, 0) is 6.92 Å². The molecule has 0 saturated heterocycles. The van der Waals surface area contributed by atoms with Gasteiger partial charge in [0.25, 0.3) is 0 Å². The Hall–Kier alpha value is -1.71. The van der Waals surface area contributed by atoms with Crippen molar-refractivity contribution in [2.75, 3.05) is 0 Å². The summed E-state index contributed by atoms with van der Waals surface area (Å²) in [6.45, 7) is 1.40. The quantitative estimate of drug-likeness (QED) is 0.729. The molecule has 4 heteroatoms. The van der Waals surface area contributed by atoms with Crippen molar-refractivity contribution in [3.8, 4) is 11.3 Å². The Balaban J connectivity index is 2.34. The van der Waals surface area contributed by atoms with Gasteiger partial charge >= 0.3 is 0 Å². The van der Waals surface area contributed by atoms with Gasteiger partial charge < -0.3 is 0 Å². The second-order valence-electron chi connectivity index (χ2n) is 2.99. The number of aromatic nitrogens is 3. The summed E-state index contributed by atoms with van der Waals surface area (Å²) >= 11 is 0. The molecule has 0 fully saturated rings. The first-order chi connectivity index (χ1) is 6.77. The Bertz CT molecular complexity index is 408. The summed E-state index contributed by atoms with van der Waals surface area (Å²) in [4.78, 5) is 1.06. The van der Waals surface area contributed by atoms with Crippen molar-refractivity contribution in [3.63, 3.8) is 0 Å². The second-order valence-corrected chi connectivity index (χ2v) is 2.99. The van der Waals surface area contributed by atoms with Gasteiger partial charge in [-0.15, -0.1) is 4.80 Å². The molecule has 0 aliphatic carbocycles. The molecular formula is C10H10FN3. The molecule has 72 valence electrons. The van der Waals surface area contributed by atoms with E-state index < -0.39 is 6.30 Å². The average molecular weight is 191 g/mol. The van der Waals surface area contributed by atoms with Crippen LogP contribution in [0.2, 0.25) is 0 Å². The van der Waals surface area contributed by atoms with Gasteiger partial charge in [0.2, 0.25) is 6.30 Å². The molecule has 0 spiro atoms. The summed E-state index contributed by atoms with van der Waals surface area (Å²) in [5.41, 5.74) is 1.63. The Morgan fingerprint density at radius 1 is 1.29 bits per heavy atom. The zero-order valence-corrected chi connectivity index (χ0v) is 7.76. The Labute approximate surface area is 81.2 Å². The van der Waals surface area contributed by atoms with Crippen molar-refractivity contribution >= 4 is 0 Å². The van der Waals surface area contributed by atoms with Crippen molar-refractivity contribution in [2.45, 2.75) is 13.2 Å². The molecule has 3 nitrogen and oxygen atoms in total. The molecule has 0 bridgehead atoms. The van der Waals surface area contributed by atoms with Crippen molar-refractivity contribution in [2.24, 2.45) is 0 Å². The smallest absolute Gasteiger partial charge is 0.207 e. The normalized spacial score (nSPS) is 12.7. The maximum atomic E-state index is 12.8. The summed E-state index contributed by atoms with van der Waals surface area (Å²) in [5.74, 6) is 0. The highest BCUT2D eigenvalue weighted by atomic mass is 19.1. The predicted molar refractivity (Wildman–Crippen MR) is 51.3 cm³/mol. The van der Waals surface area contributed by atoms with Crippen LogP contribution in [0.25, 0.3) is 11.3 Å². The molecule has 0 N–H and O–H groups in total. The van der Waals surface area contributed by atoms with E-state index in [0.29, 0.717) is 5.69 Å². The predicted octanol–water partition coefficient (Wildman–Crippen LogP) is 2.43. The minimum atomic E-state index is -1.19. The number of halogens is 1. The van der Waals surface area contributed by atoms with Gasteiger partial charge in [-0.1, -0.05) is 30.3 Å². The fourth-order valence-electron chi connectivity index (χ4n) is 1.19. The number of hydrogen-bond acceptors (Lipinski definition) is 2. The number of rotatable bonds is 2. The van der Waals surface area contributed by atoms with E-state index in [2.05, 4.69) is 10.2 Å². The van der Waals surface area contributed by atoms with E-state index >= 15 is 0 Å². The van der Waals surface area contributed by atoms with Gasteiger partial charge in [0.15, 0.2) is 0 Å². The van der Waals surface area contributed by atoms with Crippen molar-refractivity contribution < 1.29 is 4.39 Å². The zero-order chi connectivity index (χ0) is 9.97. The van der Waals surface area contributed by atoms with Gasteiger partial charge in [0.05, 0.1) is 6.20 Å². The highest BCUT2D eigenvalue weighted by Crippen LogP contribution is 2.15. The van der Waals surface area contributed by atoms with Crippen molar-refractivity contribution in [1.82, 2.24) is 15.0 Å². The van der Waals surface area contributed by atoms with Crippen molar-refractivity contribution in [3.05, 3.63) is 36.5 Å². The van der Waals surface area contributed by atoms with Crippen LogP contribution in [0.3, 0.4) is 0 Å². The highest BCUT2D eigenvalue weighted by molar-refractivity contribution is 5.56. The van der Waals surface area contributed by atoms with Gasteiger partial charge in [-0.25, -0.2) is 4.39 Å². The van der Waals surface area contributed by atoms with E-state index in [-0.39, 0.29) is 0 Å². The van der Waals surface area contributed by atoms with E-state index in [1.807, 2.05) is 30.3 Å². The van der Waals surface area contributed by atoms with Crippen LogP contribution in [0.1, 0.15) is 13.2 Å². The van der Waals surface area contributed by atoms with Crippen LogP contribution in [0.5, 0.6) is 0 Å². The minimum Gasteiger partial charge on any atom is -0.220 e. The van der Waals surface area contributed by atoms with E-state index in [0.717, 1.165) is 10.4 Å². The summed E-state index contributed by atoms with van der Waals surface area (Å²) in [7, 11) is 0. The number of nitrogens with zero attached hydrogens (tertiary/aromatic N) is 3. The van der Waals surface area contributed by atoms with Crippen LogP contribution in [0.15, 0.2) is 36.5 Å². The molecule has 0 amide bonds. The van der Waals surface area contributed by atoms with E-state index in [4.69, 9.17) is 0 Å². The first-order valence-corrected chi connectivity index (χ1v) is 4.38. The maximum Gasteiger partial charge on any atom is 0.207 e. The lowest BCUT2D eigenvalue weighted by atomic mass is 10.2. The largest absolute Gasteiger partial charge is 0.220 e. The molecule has 1 unspecified atom stereocenters. The lowest BCUT2D eigenvalue weighted by Gasteiger charge is -1.97. The van der Waals surface area contributed by atoms with Gasteiger partial charge in [0, 0.05) is 5.56 Å². The molecule has 1 atom stereocenters. The van der Waals surface area contributed by atoms with Crippen LogP contribution >= 0.6 is 0 Å². The molecule has 1 aromatic heterocycles. The molecule has 0 saturated carbocycles. The Kier molecular flexibility index (Phi) is 2.26. The van der Waals surface area contributed by atoms with Crippen LogP contribution in [0.4, 0.5) is 4.39 Å². The molecule has 14 heavy (non-hydrogen) atoms. The van der Waals surface area contributed by atoms with E-state index in [1.165, 1.54) is 6.92 Å². The highest BCUT2D eigenvalue weighted by Gasteiger charge is 2.06. The average Bonchev–Trinajstić information content (AvgIpc) is 2.68. The maximum absolute atomic E-state index is 12.8. The molecular weight excluding hydrogens is 181 g/mol.